The van der Waals surface area contributed by atoms with Gasteiger partial charge in [0.2, 0.25) is 0 Å². The topological polar surface area (TPSA) is 75.5 Å². The molecule has 8 nitrogen and oxygen atoms in total. The molecule has 3 rings (SSSR count). The smallest absolute Gasteiger partial charge is 0.410 e. The molecule has 2 aliphatic rings. The molecule has 1 spiro atoms. The Labute approximate surface area is 166 Å². The molecule has 2 fully saturated rings. The minimum atomic E-state index is -0.472. The Kier molecular flexibility index (Phi) is 6.30. The summed E-state index contributed by atoms with van der Waals surface area (Å²) in [6, 6.07) is 1.79. The number of aryl methyl sites for hydroxylation is 2. The van der Waals surface area contributed by atoms with Gasteiger partial charge in [0.25, 0.3) is 5.91 Å². The molecule has 0 bridgehead atoms. The summed E-state index contributed by atoms with van der Waals surface area (Å²) in [7, 11) is 3.70. The molecule has 1 aromatic heterocycles. The third kappa shape index (κ3) is 4.50. The van der Waals surface area contributed by atoms with Crippen molar-refractivity contribution in [3.05, 3.63) is 23.2 Å². The number of rotatable bonds is 7. The van der Waals surface area contributed by atoms with Crippen LogP contribution in [0.3, 0.4) is 0 Å². The first-order valence-corrected chi connectivity index (χ1v) is 9.85. The highest BCUT2D eigenvalue weighted by Crippen LogP contribution is 2.34. The number of hydrogen-bond acceptors (Lipinski definition) is 6. The fourth-order valence-corrected chi connectivity index (χ4v) is 3.91. The Hall–Kier alpha value is -2.06. The van der Waals surface area contributed by atoms with E-state index < -0.39 is 5.60 Å². The third-order valence-corrected chi connectivity index (χ3v) is 5.70. The first-order valence-electron chi connectivity index (χ1n) is 9.85. The average Bonchev–Trinajstić information content (AvgIpc) is 3.16. The Morgan fingerprint density at radius 2 is 2.00 bits per heavy atom. The maximum absolute atomic E-state index is 12.8. The van der Waals surface area contributed by atoms with Crippen molar-refractivity contribution in [2.75, 3.05) is 60.0 Å². The van der Waals surface area contributed by atoms with Gasteiger partial charge in [-0.3, -0.25) is 4.79 Å². The van der Waals surface area contributed by atoms with Gasteiger partial charge in [-0.25, -0.2) is 4.79 Å². The van der Waals surface area contributed by atoms with E-state index in [0.717, 1.165) is 18.8 Å². The molecule has 28 heavy (non-hydrogen) atoms. The Morgan fingerprint density at radius 1 is 1.29 bits per heavy atom. The lowest BCUT2D eigenvalue weighted by molar-refractivity contribution is 0.00309. The molecular formula is C20H31N3O5. The van der Waals surface area contributed by atoms with Crippen LogP contribution in [-0.2, 0) is 9.47 Å². The number of likely N-dealkylation sites (N-methyl/N-ethyl adjacent to an activating group) is 1. The third-order valence-electron chi connectivity index (χ3n) is 5.70. The van der Waals surface area contributed by atoms with Crippen molar-refractivity contribution >= 4 is 12.0 Å². The number of piperidine rings is 1. The van der Waals surface area contributed by atoms with Crippen molar-refractivity contribution in [2.24, 2.45) is 0 Å². The number of carbonyl (C=O) groups excluding carboxylic acids is 2. The maximum Gasteiger partial charge on any atom is 0.410 e. The molecule has 0 N–H and O–H groups in total. The van der Waals surface area contributed by atoms with E-state index >= 15 is 0 Å². The highest BCUT2D eigenvalue weighted by molar-refractivity contribution is 5.95. The highest BCUT2D eigenvalue weighted by Gasteiger charge is 2.47. The van der Waals surface area contributed by atoms with Gasteiger partial charge in [-0.1, -0.05) is 0 Å². The number of likely N-dealkylation sites (tertiary alicyclic amines) is 1. The van der Waals surface area contributed by atoms with Crippen LogP contribution in [0.5, 0.6) is 0 Å². The molecule has 3 heterocycles. The molecule has 2 aliphatic heterocycles. The van der Waals surface area contributed by atoms with E-state index in [4.69, 9.17) is 13.9 Å². The van der Waals surface area contributed by atoms with Crippen LogP contribution in [0.1, 0.15) is 34.7 Å². The summed E-state index contributed by atoms with van der Waals surface area (Å²) in [5.41, 5.74) is 0.151. The van der Waals surface area contributed by atoms with Gasteiger partial charge in [-0.2, -0.15) is 0 Å². The Morgan fingerprint density at radius 3 is 2.61 bits per heavy atom. The number of methoxy groups -OCH3 is 1. The number of carbonyl (C=O) groups is 2. The number of ether oxygens (including phenoxy) is 2. The zero-order valence-electron chi connectivity index (χ0n) is 17.3. The van der Waals surface area contributed by atoms with E-state index in [1.807, 2.05) is 25.8 Å². The van der Waals surface area contributed by atoms with E-state index in [9.17, 15) is 9.59 Å². The second-order valence-corrected chi connectivity index (χ2v) is 7.89. The summed E-state index contributed by atoms with van der Waals surface area (Å²) in [5.74, 6) is 1.38. The van der Waals surface area contributed by atoms with E-state index in [1.54, 1.807) is 18.1 Å². The SMILES string of the molecule is COCCN(C)CCN1CC2(CCN(C(=O)c3cc(C)oc3C)CC2)OC1=O. The molecule has 8 heteroatoms. The van der Waals surface area contributed by atoms with Crippen molar-refractivity contribution in [1.29, 1.82) is 0 Å². The lowest BCUT2D eigenvalue weighted by Crippen LogP contribution is -2.49. The van der Waals surface area contributed by atoms with Gasteiger partial charge >= 0.3 is 6.09 Å². The molecule has 0 radical (unpaired) electrons. The predicted octanol–water partition coefficient (Wildman–Crippen LogP) is 1.90. The van der Waals surface area contributed by atoms with Crippen molar-refractivity contribution in [1.82, 2.24) is 14.7 Å². The standard InChI is InChI=1S/C20H31N3O5/c1-15-13-17(16(2)27-15)18(24)22-7-5-20(6-8-22)14-23(19(25)28-20)10-9-21(3)11-12-26-4/h13H,5-12,14H2,1-4H3. The van der Waals surface area contributed by atoms with Crippen LogP contribution in [0.2, 0.25) is 0 Å². The summed E-state index contributed by atoms with van der Waals surface area (Å²) in [6.45, 7) is 8.32. The van der Waals surface area contributed by atoms with Crippen molar-refractivity contribution in [3.8, 4) is 0 Å². The van der Waals surface area contributed by atoms with E-state index in [-0.39, 0.29) is 12.0 Å². The molecule has 0 saturated carbocycles. The first-order chi connectivity index (χ1) is 13.3. The lowest BCUT2D eigenvalue weighted by atomic mass is 9.91. The molecule has 0 unspecified atom stereocenters. The van der Waals surface area contributed by atoms with Gasteiger partial charge in [0, 0.05) is 52.7 Å². The van der Waals surface area contributed by atoms with Crippen LogP contribution in [0.25, 0.3) is 0 Å². The summed E-state index contributed by atoms with van der Waals surface area (Å²) in [5, 5.41) is 0. The van der Waals surface area contributed by atoms with Crippen molar-refractivity contribution in [3.63, 3.8) is 0 Å². The first kappa shape index (κ1) is 20.7. The fourth-order valence-electron chi connectivity index (χ4n) is 3.91. The minimum absolute atomic E-state index is 0.00912. The predicted molar refractivity (Wildman–Crippen MR) is 103 cm³/mol. The molecule has 1 aromatic rings. The average molecular weight is 393 g/mol. The van der Waals surface area contributed by atoms with Crippen LogP contribution in [0.15, 0.2) is 10.5 Å². The van der Waals surface area contributed by atoms with E-state index in [1.165, 1.54) is 0 Å². The zero-order chi connectivity index (χ0) is 20.3. The minimum Gasteiger partial charge on any atom is -0.466 e. The summed E-state index contributed by atoms with van der Waals surface area (Å²) < 4.78 is 16.3. The van der Waals surface area contributed by atoms with Crippen LogP contribution >= 0.6 is 0 Å². The molecule has 156 valence electrons. The van der Waals surface area contributed by atoms with Gasteiger partial charge in [0.15, 0.2) is 0 Å². The van der Waals surface area contributed by atoms with Gasteiger partial charge in [-0.05, 0) is 27.0 Å². The van der Waals surface area contributed by atoms with E-state index in [2.05, 4.69) is 4.90 Å². The zero-order valence-corrected chi connectivity index (χ0v) is 17.3. The lowest BCUT2D eigenvalue weighted by Gasteiger charge is -2.37. The Balaban J connectivity index is 1.52. The van der Waals surface area contributed by atoms with Crippen LogP contribution in [0, 0.1) is 13.8 Å². The summed E-state index contributed by atoms with van der Waals surface area (Å²) in [4.78, 5) is 30.8. The van der Waals surface area contributed by atoms with Gasteiger partial charge in [0.05, 0.1) is 18.7 Å². The van der Waals surface area contributed by atoms with E-state index in [0.29, 0.717) is 57.0 Å². The quantitative estimate of drug-likeness (QED) is 0.704. The molecule has 0 aromatic carbocycles. The number of amides is 2. The normalized spacial score (nSPS) is 19.0. The van der Waals surface area contributed by atoms with Gasteiger partial charge < -0.3 is 28.6 Å². The molecule has 2 amide bonds. The summed E-state index contributed by atoms with van der Waals surface area (Å²) in [6.07, 6.45) is 1.08. The van der Waals surface area contributed by atoms with Crippen molar-refractivity contribution in [2.45, 2.75) is 32.3 Å². The van der Waals surface area contributed by atoms with Gasteiger partial charge in [0.1, 0.15) is 17.1 Å². The molecule has 0 atom stereocenters. The monoisotopic (exact) mass is 393 g/mol. The summed E-state index contributed by atoms with van der Waals surface area (Å²) >= 11 is 0. The number of nitrogens with zero attached hydrogens (tertiary/aromatic N) is 3. The van der Waals surface area contributed by atoms with Gasteiger partial charge in [-0.15, -0.1) is 0 Å². The van der Waals surface area contributed by atoms with Crippen LogP contribution < -0.4 is 0 Å². The highest BCUT2D eigenvalue weighted by atomic mass is 16.6. The second kappa shape index (κ2) is 8.53. The maximum atomic E-state index is 12.8. The van der Waals surface area contributed by atoms with Crippen LogP contribution in [-0.4, -0.2) is 92.3 Å². The largest absolute Gasteiger partial charge is 0.466 e. The number of furan rings is 1. The molecule has 2 saturated heterocycles. The van der Waals surface area contributed by atoms with Crippen molar-refractivity contribution < 1.29 is 23.5 Å². The molecular weight excluding hydrogens is 362 g/mol. The fraction of sp³-hybridized carbons (Fsp3) is 0.700. The van der Waals surface area contributed by atoms with Crippen LogP contribution in [0.4, 0.5) is 4.79 Å². The molecule has 0 aliphatic carbocycles. The Bertz CT molecular complexity index is 709. The number of hydrogen-bond donors (Lipinski definition) is 0. The second-order valence-electron chi connectivity index (χ2n) is 7.89.